The Hall–Kier alpha value is -1.81. The summed E-state index contributed by atoms with van der Waals surface area (Å²) in [4.78, 5) is 13.5. The molecule has 0 aromatic heterocycles. The molecule has 4 aliphatic heterocycles. The number of aliphatic hydroxyl groups is 1. The lowest BCUT2D eigenvalue weighted by Gasteiger charge is -2.45. The van der Waals surface area contributed by atoms with Crippen LogP contribution in [0.1, 0.15) is 100 Å². The van der Waals surface area contributed by atoms with E-state index >= 15 is 0 Å². The molecule has 1 fully saturated rings. The molecule has 0 radical (unpaired) electrons. The maximum Gasteiger partial charge on any atom is 0.330 e. The fourth-order valence-corrected chi connectivity index (χ4v) is 13.7. The minimum atomic E-state index is -2.39. The minimum Gasteiger partial charge on any atom is -0.456 e. The number of esters is 1. The number of ether oxygens (including phenoxy) is 4. The van der Waals surface area contributed by atoms with Gasteiger partial charge >= 0.3 is 5.97 Å². The zero-order chi connectivity index (χ0) is 34.3. The minimum absolute atomic E-state index is 0.0679. The Kier molecular flexibility index (Phi) is 13.9. The van der Waals surface area contributed by atoms with E-state index in [1.54, 1.807) is 0 Å². The monoisotopic (exact) mass is 670 g/mol. The standard InChI is InChI=1S/C39H62O7Si/c1-25(2)47(26(3)4,27(5)6)46-35(17-16-32-21-28(7)18-19-42-32)36-24-37-39(45-37)34(40)23-30(9)20-29(8)22-33-14-10-12-31(43-33)13-11-15-38(41)44-36/h10-12,15-18,25-27,29,31-37,39-40H,9,13-14,19-24H2,1-8H3/b15-11-,17-16+/t29-,31-,32+,33-,34-,35-,36-,37+,39-/m0/s1. The van der Waals surface area contributed by atoms with E-state index in [0.717, 1.165) is 31.3 Å². The van der Waals surface area contributed by atoms with Crippen molar-refractivity contribution in [2.75, 3.05) is 6.61 Å². The van der Waals surface area contributed by atoms with Gasteiger partial charge in [0, 0.05) is 12.5 Å². The summed E-state index contributed by atoms with van der Waals surface area (Å²) in [6, 6.07) is 0. The van der Waals surface area contributed by atoms with Crippen molar-refractivity contribution in [2.24, 2.45) is 5.92 Å². The number of fused-ring (bicyclic) bond motifs is 3. The molecule has 7 nitrogen and oxygen atoms in total. The summed E-state index contributed by atoms with van der Waals surface area (Å²) in [5, 5.41) is 11.2. The lowest BCUT2D eigenvalue weighted by molar-refractivity contribution is -0.147. The van der Waals surface area contributed by atoms with Crippen molar-refractivity contribution in [3.05, 3.63) is 60.3 Å². The highest BCUT2D eigenvalue weighted by molar-refractivity contribution is 6.77. The lowest BCUT2D eigenvalue weighted by atomic mass is 9.91. The average molecular weight is 671 g/mol. The second kappa shape index (κ2) is 17.2. The van der Waals surface area contributed by atoms with Crippen LogP contribution < -0.4 is 0 Å². The fourth-order valence-electron chi connectivity index (χ4n) is 8.20. The Labute approximate surface area is 285 Å². The fraction of sp³-hybridized carbons (Fsp3) is 0.718. The largest absolute Gasteiger partial charge is 0.456 e. The molecule has 8 heteroatoms. The molecule has 2 bridgehead atoms. The van der Waals surface area contributed by atoms with E-state index in [-0.39, 0.29) is 30.5 Å². The number of hydrogen-bond acceptors (Lipinski definition) is 7. The molecule has 47 heavy (non-hydrogen) atoms. The molecule has 4 aliphatic rings. The van der Waals surface area contributed by atoms with Crippen LogP contribution in [0.3, 0.4) is 0 Å². The van der Waals surface area contributed by atoms with Gasteiger partial charge in [0.25, 0.3) is 0 Å². The van der Waals surface area contributed by atoms with E-state index in [4.69, 9.17) is 23.4 Å². The van der Waals surface area contributed by atoms with Crippen LogP contribution in [0.5, 0.6) is 0 Å². The number of hydrogen-bond donors (Lipinski definition) is 1. The highest BCUT2D eigenvalue weighted by Gasteiger charge is 2.51. The molecule has 0 amide bonds. The van der Waals surface area contributed by atoms with Crippen molar-refractivity contribution in [1.29, 1.82) is 0 Å². The Bertz CT molecular complexity index is 1150. The van der Waals surface area contributed by atoms with Crippen LogP contribution in [0.15, 0.2) is 60.3 Å². The van der Waals surface area contributed by atoms with Crippen molar-refractivity contribution >= 4 is 14.3 Å². The van der Waals surface area contributed by atoms with Crippen LogP contribution >= 0.6 is 0 Å². The van der Waals surface area contributed by atoms with Crippen LogP contribution in [-0.4, -0.2) is 74.8 Å². The molecule has 1 N–H and O–H groups in total. The average Bonchev–Trinajstić information content (AvgIpc) is 3.75. The number of rotatable bonds is 8. The van der Waals surface area contributed by atoms with Gasteiger partial charge in [-0.2, -0.15) is 0 Å². The summed E-state index contributed by atoms with van der Waals surface area (Å²) in [5.74, 6) is -0.0196. The van der Waals surface area contributed by atoms with Gasteiger partial charge in [-0.25, -0.2) is 4.79 Å². The first-order chi connectivity index (χ1) is 22.3. The van der Waals surface area contributed by atoms with Gasteiger partial charge in [0.2, 0.25) is 8.32 Å². The van der Waals surface area contributed by atoms with Crippen molar-refractivity contribution < 1.29 is 33.3 Å². The first-order valence-corrected chi connectivity index (χ1v) is 20.2. The summed E-state index contributed by atoms with van der Waals surface area (Å²) in [6.07, 6.45) is 16.6. The second-order valence-electron chi connectivity index (χ2n) is 15.4. The third-order valence-corrected chi connectivity index (χ3v) is 16.6. The zero-order valence-electron chi connectivity index (χ0n) is 30.2. The van der Waals surface area contributed by atoms with Crippen molar-refractivity contribution in [3.8, 4) is 0 Å². The van der Waals surface area contributed by atoms with Gasteiger partial charge in [-0.05, 0) is 68.0 Å². The SMILES string of the molecule is C=C1C[C@H](C)C[C@@H]2CC=C[C@@H](C/C=C\C(=O)O[C@H]([C@H](/C=C/[C@@H]3CC(C)=CCO3)O[Si](C(C)C)(C(C)C)C(C)C)C[C@H]3O[C@H]3[C@@H](O)C1)O2. The molecule has 0 spiro atoms. The number of epoxide rings is 1. The normalized spacial score (nSPS) is 34.5. The van der Waals surface area contributed by atoms with E-state index in [9.17, 15) is 9.90 Å². The molecule has 0 aromatic rings. The summed E-state index contributed by atoms with van der Waals surface area (Å²) >= 11 is 0. The van der Waals surface area contributed by atoms with E-state index in [0.29, 0.717) is 48.4 Å². The molecule has 4 rings (SSSR count). The Morgan fingerprint density at radius 3 is 2.40 bits per heavy atom. The molecule has 0 unspecified atom stereocenters. The lowest BCUT2D eigenvalue weighted by Crippen LogP contribution is -2.52. The van der Waals surface area contributed by atoms with Gasteiger partial charge in [0.05, 0.1) is 37.1 Å². The smallest absolute Gasteiger partial charge is 0.330 e. The van der Waals surface area contributed by atoms with Crippen LogP contribution in [-0.2, 0) is 28.2 Å². The van der Waals surface area contributed by atoms with Crippen molar-refractivity contribution in [1.82, 2.24) is 0 Å². The summed E-state index contributed by atoms with van der Waals surface area (Å²) in [7, 11) is -2.39. The maximum absolute atomic E-state index is 13.5. The van der Waals surface area contributed by atoms with Crippen molar-refractivity contribution in [2.45, 2.75) is 166 Å². The Morgan fingerprint density at radius 2 is 1.72 bits per heavy atom. The first-order valence-electron chi connectivity index (χ1n) is 18.1. The van der Waals surface area contributed by atoms with Crippen LogP contribution in [0.25, 0.3) is 0 Å². The van der Waals surface area contributed by atoms with Gasteiger partial charge in [0.1, 0.15) is 18.3 Å². The molecule has 9 atom stereocenters. The third kappa shape index (κ3) is 10.6. The van der Waals surface area contributed by atoms with Gasteiger partial charge in [-0.15, -0.1) is 0 Å². The van der Waals surface area contributed by atoms with Crippen LogP contribution in [0.4, 0.5) is 0 Å². The second-order valence-corrected chi connectivity index (χ2v) is 20.8. The number of carbonyl (C=O) groups excluding carboxylic acids is 1. The highest BCUT2D eigenvalue weighted by atomic mass is 28.4. The molecule has 264 valence electrons. The molecule has 0 aromatic carbocycles. The molecular formula is C39H62O7Si. The number of aliphatic hydroxyl groups excluding tert-OH is 1. The van der Waals surface area contributed by atoms with Gasteiger partial charge in [0.15, 0.2) is 0 Å². The first kappa shape index (κ1) is 38.0. The quantitative estimate of drug-likeness (QED) is 0.120. The van der Waals surface area contributed by atoms with Crippen molar-refractivity contribution in [3.63, 3.8) is 0 Å². The molecule has 1 saturated heterocycles. The van der Waals surface area contributed by atoms with E-state index in [2.05, 4.69) is 92.3 Å². The van der Waals surface area contributed by atoms with Gasteiger partial charge in [-0.3, -0.25) is 0 Å². The summed E-state index contributed by atoms with van der Waals surface area (Å²) < 4.78 is 32.2. The molecule has 0 saturated carbocycles. The van der Waals surface area contributed by atoms with E-state index < -0.39 is 32.6 Å². The summed E-state index contributed by atoms with van der Waals surface area (Å²) in [6.45, 7) is 22.8. The topological polar surface area (TPSA) is 86.8 Å². The number of cyclic esters (lactones) is 1. The molecule has 4 heterocycles. The maximum atomic E-state index is 13.5. The van der Waals surface area contributed by atoms with E-state index in [1.807, 2.05) is 6.08 Å². The Balaban J connectivity index is 1.65. The van der Waals surface area contributed by atoms with Crippen LogP contribution in [0.2, 0.25) is 16.6 Å². The van der Waals surface area contributed by atoms with Gasteiger partial charge in [-0.1, -0.05) is 103 Å². The molecular weight excluding hydrogens is 609 g/mol. The predicted octanol–water partition coefficient (Wildman–Crippen LogP) is 8.30. The zero-order valence-corrected chi connectivity index (χ0v) is 31.2. The predicted molar refractivity (Wildman–Crippen MR) is 191 cm³/mol. The molecule has 0 aliphatic carbocycles. The Morgan fingerprint density at radius 1 is 1.00 bits per heavy atom. The third-order valence-electron chi connectivity index (χ3n) is 10.5. The van der Waals surface area contributed by atoms with Crippen LogP contribution in [0, 0.1) is 5.92 Å². The summed E-state index contributed by atoms with van der Waals surface area (Å²) in [5.41, 5.74) is 3.36. The number of carbonyl (C=O) groups is 1. The van der Waals surface area contributed by atoms with E-state index in [1.165, 1.54) is 11.6 Å². The van der Waals surface area contributed by atoms with Gasteiger partial charge < -0.3 is 28.5 Å². The highest BCUT2D eigenvalue weighted by Crippen LogP contribution is 2.44.